The van der Waals surface area contributed by atoms with Crippen molar-refractivity contribution in [2.75, 3.05) is 0 Å². The number of halogens is 1. The number of hydrogen-bond acceptors (Lipinski definition) is 3. The van der Waals surface area contributed by atoms with Crippen molar-refractivity contribution in [1.82, 2.24) is 10.4 Å². The summed E-state index contributed by atoms with van der Waals surface area (Å²) in [6.07, 6.45) is 3.66. The average Bonchev–Trinajstić information content (AvgIpc) is 2.33. The molecule has 1 aromatic carbocycles. The van der Waals surface area contributed by atoms with Crippen LogP contribution < -0.4 is 11.3 Å². The van der Waals surface area contributed by atoms with Gasteiger partial charge in [-0.1, -0.05) is 40.2 Å². The van der Waals surface area contributed by atoms with Gasteiger partial charge in [-0.2, -0.15) is 0 Å². The number of aryl methyl sites for hydroxylation is 1. The molecule has 0 amide bonds. The Labute approximate surface area is 109 Å². The summed E-state index contributed by atoms with van der Waals surface area (Å²) in [6, 6.07) is 10.0. The lowest BCUT2D eigenvalue weighted by Crippen LogP contribution is -2.29. The fourth-order valence-corrected chi connectivity index (χ4v) is 2.32. The van der Waals surface area contributed by atoms with E-state index >= 15 is 0 Å². The Balaban J connectivity index is 2.44. The normalized spacial score (nSPS) is 12.4. The largest absolute Gasteiger partial charge is 0.271 e. The van der Waals surface area contributed by atoms with Gasteiger partial charge in [-0.3, -0.25) is 10.8 Å². The second-order valence-electron chi connectivity index (χ2n) is 3.92. The minimum atomic E-state index is -0.0574. The van der Waals surface area contributed by atoms with Gasteiger partial charge in [0.1, 0.15) is 0 Å². The smallest absolute Gasteiger partial charge is 0.0735 e. The topological polar surface area (TPSA) is 50.9 Å². The zero-order chi connectivity index (χ0) is 12.3. The van der Waals surface area contributed by atoms with Crippen LogP contribution in [0.3, 0.4) is 0 Å². The Morgan fingerprint density at radius 1 is 1.29 bits per heavy atom. The number of hydrogen-bond donors (Lipinski definition) is 2. The Morgan fingerprint density at radius 2 is 2.06 bits per heavy atom. The summed E-state index contributed by atoms with van der Waals surface area (Å²) in [5, 5.41) is 0. The summed E-state index contributed by atoms with van der Waals surface area (Å²) >= 11 is 3.54. The fraction of sp³-hybridized carbons (Fsp3) is 0.154. The number of aromatic nitrogens is 1. The predicted molar refractivity (Wildman–Crippen MR) is 72.3 cm³/mol. The molecule has 1 heterocycles. The molecule has 0 aliphatic rings. The molecule has 3 N–H and O–H groups in total. The molecule has 1 unspecified atom stereocenters. The van der Waals surface area contributed by atoms with Crippen LogP contribution in [0, 0.1) is 6.92 Å². The minimum Gasteiger partial charge on any atom is -0.271 e. The molecular weight excluding hydrogens is 278 g/mol. The zero-order valence-corrected chi connectivity index (χ0v) is 11.1. The van der Waals surface area contributed by atoms with Gasteiger partial charge in [-0.15, -0.1) is 0 Å². The van der Waals surface area contributed by atoms with E-state index in [9.17, 15) is 0 Å². The van der Waals surface area contributed by atoms with Gasteiger partial charge in [-0.05, 0) is 29.7 Å². The van der Waals surface area contributed by atoms with Crippen LogP contribution >= 0.6 is 15.9 Å². The molecule has 2 rings (SSSR count). The monoisotopic (exact) mass is 291 g/mol. The molecule has 4 heteroatoms. The number of benzene rings is 1. The van der Waals surface area contributed by atoms with Crippen molar-refractivity contribution in [2.24, 2.45) is 5.84 Å². The third kappa shape index (κ3) is 2.72. The number of nitrogens with one attached hydrogen (secondary N) is 1. The van der Waals surface area contributed by atoms with Gasteiger partial charge in [0.2, 0.25) is 0 Å². The number of pyridine rings is 1. The summed E-state index contributed by atoms with van der Waals surface area (Å²) in [5.41, 5.74) is 6.11. The molecule has 0 saturated heterocycles. The maximum atomic E-state index is 5.66. The van der Waals surface area contributed by atoms with Crippen LogP contribution in [-0.4, -0.2) is 4.98 Å². The van der Waals surface area contributed by atoms with Crippen molar-refractivity contribution in [2.45, 2.75) is 13.0 Å². The molecule has 17 heavy (non-hydrogen) atoms. The number of nitrogens with two attached hydrogens (primary N) is 1. The third-order valence-corrected chi connectivity index (χ3v) is 3.33. The van der Waals surface area contributed by atoms with Crippen molar-refractivity contribution < 1.29 is 0 Å². The standard InChI is InChI=1S/C13H14BrN3/c1-9-6-10(8-16-7-9)13(17-15)11-4-2-3-5-12(11)14/h2-8,13,17H,15H2,1H3. The molecule has 0 spiro atoms. The van der Waals surface area contributed by atoms with E-state index in [1.165, 1.54) is 0 Å². The van der Waals surface area contributed by atoms with Gasteiger partial charge >= 0.3 is 0 Å². The molecule has 3 nitrogen and oxygen atoms in total. The average molecular weight is 292 g/mol. The first-order valence-electron chi connectivity index (χ1n) is 5.34. The maximum Gasteiger partial charge on any atom is 0.0735 e. The molecule has 0 aliphatic heterocycles. The lowest BCUT2D eigenvalue weighted by Gasteiger charge is -2.18. The van der Waals surface area contributed by atoms with Crippen molar-refractivity contribution in [3.8, 4) is 0 Å². The second-order valence-corrected chi connectivity index (χ2v) is 4.77. The van der Waals surface area contributed by atoms with Gasteiger partial charge in [-0.25, -0.2) is 5.43 Å². The molecule has 0 saturated carbocycles. The van der Waals surface area contributed by atoms with Crippen LogP contribution in [0.5, 0.6) is 0 Å². The molecule has 0 fully saturated rings. The number of hydrazine groups is 1. The fourth-order valence-electron chi connectivity index (χ4n) is 1.81. The zero-order valence-electron chi connectivity index (χ0n) is 9.52. The van der Waals surface area contributed by atoms with Crippen LogP contribution in [-0.2, 0) is 0 Å². The lowest BCUT2D eigenvalue weighted by atomic mass is 10.00. The van der Waals surface area contributed by atoms with Crippen LogP contribution in [0.15, 0.2) is 47.2 Å². The van der Waals surface area contributed by atoms with E-state index in [4.69, 9.17) is 5.84 Å². The van der Waals surface area contributed by atoms with Crippen molar-refractivity contribution in [3.63, 3.8) is 0 Å². The molecule has 0 radical (unpaired) electrons. The van der Waals surface area contributed by atoms with Crippen LogP contribution in [0.4, 0.5) is 0 Å². The molecular formula is C13H14BrN3. The molecule has 1 atom stereocenters. The summed E-state index contributed by atoms with van der Waals surface area (Å²) in [4.78, 5) is 4.20. The first kappa shape index (κ1) is 12.2. The highest BCUT2D eigenvalue weighted by molar-refractivity contribution is 9.10. The maximum absolute atomic E-state index is 5.66. The molecule has 1 aromatic heterocycles. The van der Waals surface area contributed by atoms with E-state index < -0.39 is 0 Å². The van der Waals surface area contributed by atoms with E-state index in [-0.39, 0.29) is 6.04 Å². The first-order valence-corrected chi connectivity index (χ1v) is 6.14. The highest BCUT2D eigenvalue weighted by atomic mass is 79.9. The van der Waals surface area contributed by atoms with E-state index in [2.05, 4.69) is 32.4 Å². The van der Waals surface area contributed by atoms with E-state index in [1.54, 1.807) is 0 Å². The molecule has 0 aliphatic carbocycles. The van der Waals surface area contributed by atoms with Crippen LogP contribution in [0.2, 0.25) is 0 Å². The van der Waals surface area contributed by atoms with Gasteiger partial charge in [0.05, 0.1) is 6.04 Å². The van der Waals surface area contributed by atoms with Gasteiger partial charge in [0, 0.05) is 16.9 Å². The van der Waals surface area contributed by atoms with Gasteiger partial charge in [0.25, 0.3) is 0 Å². The van der Waals surface area contributed by atoms with E-state index in [1.807, 2.05) is 43.6 Å². The van der Waals surface area contributed by atoms with Crippen LogP contribution in [0.1, 0.15) is 22.7 Å². The van der Waals surface area contributed by atoms with Crippen LogP contribution in [0.25, 0.3) is 0 Å². The minimum absolute atomic E-state index is 0.0574. The van der Waals surface area contributed by atoms with Gasteiger partial charge in [0.15, 0.2) is 0 Å². The lowest BCUT2D eigenvalue weighted by molar-refractivity contribution is 0.632. The molecule has 2 aromatic rings. The highest BCUT2D eigenvalue weighted by Crippen LogP contribution is 2.27. The summed E-state index contributed by atoms with van der Waals surface area (Å²) in [6.45, 7) is 2.02. The Morgan fingerprint density at radius 3 is 2.71 bits per heavy atom. The van der Waals surface area contributed by atoms with Gasteiger partial charge < -0.3 is 0 Å². The SMILES string of the molecule is Cc1cncc(C(NN)c2ccccc2Br)c1. The Kier molecular flexibility index (Phi) is 3.89. The van der Waals surface area contributed by atoms with E-state index in [0.29, 0.717) is 0 Å². The molecule has 0 bridgehead atoms. The first-order chi connectivity index (χ1) is 8.22. The third-order valence-electron chi connectivity index (χ3n) is 2.61. The van der Waals surface area contributed by atoms with Crippen molar-refractivity contribution in [1.29, 1.82) is 0 Å². The Bertz CT molecular complexity index is 514. The highest BCUT2D eigenvalue weighted by Gasteiger charge is 2.15. The van der Waals surface area contributed by atoms with Crippen molar-refractivity contribution >= 4 is 15.9 Å². The second kappa shape index (κ2) is 5.40. The van der Waals surface area contributed by atoms with E-state index in [0.717, 1.165) is 21.2 Å². The number of nitrogens with zero attached hydrogens (tertiary/aromatic N) is 1. The summed E-state index contributed by atoms with van der Waals surface area (Å²) in [7, 11) is 0. The summed E-state index contributed by atoms with van der Waals surface area (Å²) in [5.74, 6) is 5.66. The van der Waals surface area contributed by atoms with Crippen molar-refractivity contribution in [3.05, 3.63) is 63.9 Å². The Hall–Kier alpha value is -1.23. The summed E-state index contributed by atoms with van der Waals surface area (Å²) < 4.78 is 1.03. The molecule has 88 valence electrons. The number of rotatable bonds is 3. The predicted octanol–water partition coefficient (Wildman–Crippen LogP) is 2.71. The quantitative estimate of drug-likeness (QED) is 0.675.